The Morgan fingerprint density at radius 1 is 1.50 bits per heavy atom. The van der Waals surface area contributed by atoms with Gasteiger partial charge in [0.05, 0.1) is 11.3 Å². The number of aliphatic carboxylic acids is 1. The third kappa shape index (κ3) is 2.17. The van der Waals surface area contributed by atoms with Crippen LogP contribution >= 0.6 is 11.8 Å². The molecule has 0 aromatic heterocycles. The van der Waals surface area contributed by atoms with Crippen LogP contribution in [0.25, 0.3) is 0 Å². The van der Waals surface area contributed by atoms with Gasteiger partial charge in [-0.3, -0.25) is 0 Å². The molecule has 0 saturated carbocycles. The number of carbonyl (C=O) groups is 1. The SMILES string of the molecule is O=C([O-])[C@@H]1CS[C@H](c2ccc(F)cc2F)[NH2+]1. The van der Waals surface area contributed by atoms with Gasteiger partial charge in [0.15, 0.2) is 5.37 Å². The van der Waals surface area contributed by atoms with E-state index < -0.39 is 23.6 Å². The molecule has 2 N–H and O–H groups in total. The predicted octanol–water partition coefficient (Wildman–Crippen LogP) is -0.608. The Morgan fingerprint density at radius 3 is 2.81 bits per heavy atom. The third-order valence-electron chi connectivity index (χ3n) is 2.43. The lowest BCUT2D eigenvalue weighted by molar-refractivity contribution is -0.690. The van der Waals surface area contributed by atoms with Gasteiger partial charge >= 0.3 is 0 Å². The molecule has 0 radical (unpaired) electrons. The molecule has 0 unspecified atom stereocenters. The molecule has 6 heteroatoms. The number of nitrogens with two attached hydrogens (primary N) is 1. The lowest BCUT2D eigenvalue weighted by atomic mass is 10.2. The van der Waals surface area contributed by atoms with Crippen LogP contribution < -0.4 is 10.4 Å². The highest BCUT2D eigenvalue weighted by atomic mass is 32.2. The standard InChI is InChI=1S/C10H9F2NO2S/c11-5-1-2-6(7(12)3-5)9-13-8(4-16-9)10(14)15/h1-3,8-9,13H,4H2,(H,14,15)/t8-,9+/m0/s1. The summed E-state index contributed by atoms with van der Waals surface area (Å²) in [5.74, 6) is -2.07. The minimum atomic E-state index is -1.16. The van der Waals surface area contributed by atoms with E-state index in [4.69, 9.17) is 0 Å². The summed E-state index contributed by atoms with van der Waals surface area (Å²) >= 11 is 1.31. The van der Waals surface area contributed by atoms with Crippen LogP contribution in [-0.4, -0.2) is 17.8 Å². The predicted molar refractivity (Wildman–Crippen MR) is 52.3 cm³/mol. The van der Waals surface area contributed by atoms with E-state index >= 15 is 0 Å². The summed E-state index contributed by atoms with van der Waals surface area (Å²) in [7, 11) is 0. The van der Waals surface area contributed by atoms with E-state index in [0.717, 1.165) is 6.07 Å². The molecule has 0 amide bonds. The molecule has 86 valence electrons. The monoisotopic (exact) mass is 245 g/mol. The Kier molecular flexibility index (Phi) is 3.11. The van der Waals surface area contributed by atoms with Crippen LogP contribution in [0.3, 0.4) is 0 Å². The van der Waals surface area contributed by atoms with E-state index in [-0.39, 0.29) is 5.37 Å². The molecule has 0 aliphatic carbocycles. The topological polar surface area (TPSA) is 56.7 Å². The number of hydrogen-bond donors (Lipinski definition) is 1. The molecule has 3 nitrogen and oxygen atoms in total. The van der Waals surface area contributed by atoms with Crippen molar-refractivity contribution in [3.05, 3.63) is 35.4 Å². The van der Waals surface area contributed by atoms with E-state index in [2.05, 4.69) is 0 Å². The molecule has 1 aromatic carbocycles. The highest BCUT2D eigenvalue weighted by Gasteiger charge is 2.32. The third-order valence-corrected chi connectivity index (χ3v) is 3.76. The zero-order valence-corrected chi connectivity index (χ0v) is 8.97. The Bertz CT molecular complexity index is 427. The van der Waals surface area contributed by atoms with E-state index in [1.54, 1.807) is 0 Å². The molecule has 1 heterocycles. The normalized spacial score (nSPS) is 24.6. The molecule has 1 aliphatic heterocycles. The summed E-state index contributed by atoms with van der Waals surface area (Å²) in [6.07, 6.45) is 0. The van der Waals surface area contributed by atoms with Gasteiger partial charge in [-0.15, -0.1) is 0 Å². The first-order valence-corrected chi connectivity index (χ1v) is 5.75. The number of thioether (sulfide) groups is 1. The fourth-order valence-electron chi connectivity index (χ4n) is 1.60. The number of halogens is 2. The number of carboxylic acids is 1. The van der Waals surface area contributed by atoms with Crippen LogP contribution in [0.5, 0.6) is 0 Å². The van der Waals surface area contributed by atoms with Crippen molar-refractivity contribution in [3.8, 4) is 0 Å². The van der Waals surface area contributed by atoms with Crippen LogP contribution in [0.4, 0.5) is 8.78 Å². The lowest BCUT2D eigenvalue weighted by Crippen LogP contribution is -2.90. The maximum Gasteiger partial charge on any atom is 0.162 e. The lowest BCUT2D eigenvalue weighted by Gasteiger charge is -2.11. The van der Waals surface area contributed by atoms with Gasteiger partial charge < -0.3 is 15.2 Å². The van der Waals surface area contributed by atoms with Crippen LogP contribution in [0.15, 0.2) is 18.2 Å². The van der Waals surface area contributed by atoms with Gasteiger partial charge in [-0.05, 0) is 12.1 Å². The maximum absolute atomic E-state index is 13.4. The van der Waals surface area contributed by atoms with Gasteiger partial charge in [-0.2, -0.15) is 0 Å². The van der Waals surface area contributed by atoms with Crippen LogP contribution in [0.2, 0.25) is 0 Å². The molecule has 2 rings (SSSR count). The van der Waals surface area contributed by atoms with Crippen molar-refractivity contribution in [2.24, 2.45) is 0 Å². The minimum Gasteiger partial charge on any atom is -0.544 e. The summed E-state index contributed by atoms with van der Waals surface area (Å²) in [5.41, 5.74) is 0.315. The Morgan fingerprint density at radius 2 is 2.25 bits per heavy atom. The molecule has 1 aliphatic rings. The molecule has 1 fully saturated rings. The van der Waals surface area contributed by atoms with Crippen molar-refractivity contribution >= 4 is 17.7 Å². The Labute approximate surface area is 94.8 Å². The molecule has 0 spiro atoms. The van der Waals surface area contributed by atoms with Gasteiger partial charge in [0, 0.05) is 6.07 Å². The quantitative estimate of drug-likeness (QED) is 0.756. The summed E-state index contributed by atoms with van der Waals surface area (Å²) in [6.45, 7) is 0. The fourth-order valence-corrected chi connectivity index (χ4v) is 2.94. The van der Waals surface area contributed by atoms with E-state index in [0.29, 0.717) is 11.3 Å². The van der Waals surface area contributed by atoms with E-state index in [1.165, 1.54) is 29.2 Å². The number of carbonyl (C=O) groups excluding carboxylic acids is 1. The van der Waals surface area contributed by atoms with Crippen LogP contribution in [0.1, 0.15) is 10.9 Å². The van der Waals surface area contributed by atoms with E-state index in [9.17, 15) is 18.7 Å². The van der Waals surface area contributed by atoms with Crippen molar-refractivity contribution in [1.29, 1.82) is 0 Å². The van der Waals surface area contributed by atoms with Gasteiger partial charge in [0.2, 0.25) is 0 Å². The highest BCUT2D eigenvalue weighted by molar-refractivity contribution is 7.99. The van der Waals surface area contributed by atoms with Crippen molar-refractivity contribution in [1.82, 2.24) is 0 Å². The van der Waals surface area contributed by atoms with Crippen molar-refractivity contribution < 1.29 is 24.0 Å². The minimum absolute atomic E-state index is 0.315. The molecular weight excluding hydrogens is 236 g/mol. The highest BCUT2D eigenvalue weighted by Crippen LogP contribution is 2.28. The smallest absolute Gasteiger partial charge is 0.162 e. The Balaban J connectivity index is 2.17. The zero-order valence-electron chi connectivity index (χ0n) is 8.15. The summed E-state index contributed by atoms with van der Waals surface area (Å²) in [6, 6.07) is 2.64. The number of benzene rings is 1. The van der Waals surface area contributed by atoms with Gasteiger partial charge in [0.1, 0.15) is 23.6 Å². The Hall–Kier alpha value is -1.14. The number of quaternary nitrogens is 1. The average molecular weight is 245 g/mol. The summed E-state index contributed by atoms with van der Waals surface area (Å²) < 4.78 is 26.1. The molecular formula is C10H9F2NO2S. The average Bonchev–Trinajstić information content (AvgIpc) is 2.66. The molecule has 0 bridgehead atoms. The maximum atomic E-state index is 13.4. The van der Waals surface area contributed by atoms with Crippen molar-refractivity contribution in [3.63, 3.8) is 0 Å². The van der Waals surface area contributed by atoms with Crippen LogP contribution in [0, 0.1) is 11.6 Å². The second-order valence-corrected chi connectivity index (χ2v) is 4.71. The van der Waals surface area contributed by atoms with Crippen molar-refractivity contribution in [2.45, 2.75) is 11.4 Å². The first kappa shape index (κ1) is 11.3. The zero-order chi connectivity index (χ0) is 11.7. The fraction of sp³-hybridized carbons (Fsp3) is 0.300. The van der Waals surface area contributed by atoms with Gasteiger partial charge in [-0.25, -0.2) is 8.78 Å². The number of hydrogen-bond acceptors (Lipinski definition) is 3. The van der Waals surface area contributed by atoms with Gasteiger partial charge in [0.25, 0.3) is 0 Å². The second-order valence-electron chi connectivity index (χ2n) is 3.54. The summed E-state index contributed by atoms with van der Waals surface area (Å²) in [4.78, 5) is 10.6. The molecule has 1 aromatic rings. The molecule has 2 atom stereocenters. The van der Waals surface area contributed by atoms with Crippen molar-refractivity contribution in [2.75, 3.05) is 5.75 Å². The largest absolute Gasteiger partial charge is 0.544 e. The summed E-state index contributed by atoms with van der Waals surface area (Å²) in [5, 5.41) is 11.8. The number of carboxylic acid groups (broad SMARTS) is 1. The first-order valence-electron chi connectivity index (χ1n) is 4.70. The number of rotatable bonds is 2. The molecule has 1 saturated heterocycles. The van der Waals surface area contributed by atoms with Crippen LogP contribution in [-0.2, 0) is 4.79 Å². The molecule has 16 heavy (non-hydrogen) atoms. The first-order chi connectivity index (χ1) is 7.58. The van der Waals surface area contributed by atoms with Gasteiger partial charge in [-0.1, -0.05) is 11.8 Å². The van der Waals surface area contributed by atoms with E-state index in [1.807, 2.05) is 0 Å². The second kappa shape index (κ2) is 4.39.